The zero-order chi connectivity index (χ0) is 10.5. The van der Waals surface area contributed by atoms with Gasteiger partial charge in [0, 0.05) is 7.11 Å². The van der Waals surface area contributed by atoms with Gasteiger partial charge in [0.15, 0.2) is 0 Å². The third-order valence-corrected chi connectivity index (χ3v) is 2.45. The van der Waals surface area contributed by atoms with Crippen LogP contribution in [0.15, 0.2) is 0 Å². The van der Waals surface area contributed by atoms with Crippen LogP contribution in [0.3, 0.4) is 0 Å². The minimum Gasteiger partial charge on any atom is -0.465 e. The number of rotatable bonds is 5. The molecule has 0 rings (SSSR count). The highest BCUT2D eigenvalue weighted by Crippen LogP contribution is 2.35. The fourth-order valence-corrected chi connectivity index (χ4v) is 1.32. The molecule has 78 valence electrons. The molecule has 0 saturated carbocycles. The monoisotopic (exact) mass is 211 g/mol. The lowest BCUT2D eigenvalue weighted by Crippen LogP contribution is -2.33. The predicted octanol–water partition coefficient (Wildman–Crippen LogP) is 0.274. The maximum atomic E-state index is 11.0. The maximum absolute atomic E-state index is 11.0. The lowest BCUT2D eigenvalue weighted by atomic mass is 10.4. The van der Waals surface area contributed by atoms with Crippen molar-refractivity contribution in [1.82, 2.24) is 5.09 Å². The zero-order valence-electron chi connectivity index (χ0n) is 7.81. The number of nitrogens with one attached hydrogen (secondary N) is 1. The van der Waals surface area contributed by atoms with Crippen LogP contribution in [0.5, 0.6) is 0 Å². The van der Waals surface area contributed by atoms with Crippen molar-refractivity contribution >= 4 is 13.7 Å². The van der Waals surface area contributed by atoms with E-state index in [1.165, 1.54) is 6.92 Å². The van der Waals surface area contributed by atoms with E-state index in [1.54, 1.807) is 6.92 Å². The summed E-state index contributed by atoms with van der Waals surface area (Å²) < 4.78 is 19.7. The second-order valence-corrected chi connectivity index (χ2v) is 3.97. The van der Waals surface area contributed by atoms with E-state index in [9.17, 15) is 9.36 Å². The van der Waals surface area contributed by atoms with E-state index in [0.29, 0.717) is 0 Å². The Kier molecular flexibility index (Phi) is 5.17. The third-order valence-electron chi connectivity index (χ3n) is 1.24. The van der Waals surface area contributed by atoms with Crippen molar-refractivity contribution in [2.24, 2.45) is 0 Å². The highest BCUT2D eigenvalue weighted by molar-refractivity contribution is 7.50. The highest BCUT2D eigenvalue weighted by atomic mass is 31.2. The van der Waals surface area contributed by atoms with Crippen LogP contribution in [0, 0.1) is 0 Å². The van der Waals surface area contributed by atoms with Gasteiger partial charge >= 0.3 is 13.7 Å². The van der Waals surface area contributed by atoms with E-state index in [2.05, 4.69) is 14.3 Å². The minimum absolute atomic E-state index is 0.230. The van der Waals surface area contributed by atoms with Gasteiger partial charge in [0.25, 0.3) is 0 Å². The van der Waals surface area contributed by atoms with E-state index in [1.807, 2.05) is 0 Å². The molecule has 0 radical (unpaired) electrons. The van der Waals surface area contributed by atoms with E-state index in [-0.39, 0.29) is 6.61 Å². The predicted molar refractivity (Wildman–Crippen MR) is 46.1 cm³/mol. The Balaban J connectivity index is 4.07. The van der Waals surface area contributed by atoms with E-state index in [4.69, 9.17) is 4.89 Å². The Morgan fingerprint density at radius 3 is 2.62 bits per heavy atom. The Labute approximate surface area is 76.8 Å². The van der Waals surface area contributed by atoms with Crippen molar-refractivity contribution in [2.75, 3.05) is 13.7 Å². The Hall–Kier alpha value is -0.420. The largest absolute Gasteiger partial charge is 0.465 e. The molecule has 0 amide bonds. The molecule has 2 N–H and O–H groups in total. The molecule has 0 aromatic heterocycles. The summed E-state index contributed by atoms with van der Waals surface area (Å²) >= 11 is 0. The second kappa shape index (κ2) is 5.34. The molecule has 0 aliphatic rings. The summed E-state index contributed by atoms with van der Waals surface area (Å²) in [6.07, 6.45) is 0. The van der Waals surface area contributed by atoms with E-state index in [0.717, 1.165) is 7.11 Å². The standard InChI is InChI=1S/C6H14NO5P/c1-4-12-6(8)5(2)7-13(9,10)11-3/h5H,4H2,1-3H3,(H2,7,9,10)/t5-/m0/s1. The normalized spacial score (nSPS) is 17.5. The van der Waals surface area contributed by atoms with Crippen LogP contribution < -0.4 is 5.09 Å². The molecule has 0 spiro atoms. The summed E-state index contributed by atoms with van der Waals surface area (Å²) in [7, 11) is -2.78. The molecule has 0 aliphatic carbocycles. The molecule has 7 heteroatoms. The smallest absolute Gasteiger partial charge is 0.403 e. The lowest BCUT2D eigenvalue weighted by molar-refractivity contribution is -0.144. The number of carbonyl (C=O) groups is 1. The molecular weight excluding hydrogens is 197 g/mol. The first-order chi connectivity index (χ1) is 5.93. The van der Waals surface area contributed by atoms with Crippen LogP contribution in [-0.2, 0) is 18.6 Å². The number of hydrogen-bond donors (Lipinski definition) is 2. The summed E-state index contributed by atoms with van der Waals surface area (Å²) in [5, 5.41) is 2.10. The van der Waals surface area contributed by atoms with Gasteiger partial charge in [-0.25, -0.2) is 9.65 Å². The van der Waals surface area contributed by atoms with Crippen LogP contribution in [0.2, 0.25) is 0 Å². The third kappa shape index (κ3) is 5.00. The van der Waals surface area contributed by atoms with Crippen molar-refractivity contribution < 1.29 is 23.5 Å². The quantitative estimate of drug-likeness (QED) is 0.501. The van der Waals surface area contributed by atoms with Crippen LogP contribution in [0.1, 0.15) is 13.8 Å². The first-order valence-electron chi connectivity index (χ1n) is 3.76. The molecule has 0 bridgehead atoms. The molecule has 0 heterocycles. The van der Waals surface area contributed by atoms with Gasteiger partial charge in [0.1, 0.15) is 6.04 Å². The molecule has 6 nitrogen and oxygen atoms in total. The molecule has 13 heavy (non-hydrogen) atoms. The number of ether oxygens (including phenoxy) is 1. The SMILES string of the molecule is CCOC(=O)[C@H](C)NP(=O)(O)OC. The van der Waals surface area contributed by atoms with Crippen LogP contribution in [-0.4, -0.2) is 30.6 Å². The van der Waals surface area contributed by atoms with Crippen LogP contribution >= 0.6 is 7.75 Å². The first-order valence-corrected chi connectivity index (χ1v) is 5.33. The molecular formula is C6H14NO5P. The molecule has 1 unspecified atom stereocenters. The fraction of sp³-hybridized carbons (Fsp3) is 0.833. The number of carbonyl (C=O) groups excluding carboxylic acids is 1. The summed E-state index contributed by atoms with van der Waals surface area (Å²) in [6, 6.07) is -0.865. The lowest BCUT2D eigenvalue weighted by Gasteiger charge is -2.15. The second-order valence-electron chi connectivity index (χ2n) is 2.31. The molecule has 2 atom stereocenters. The van der Waals surface area contributed by atoms with E-state index < -0.39 is 19.8 Å². The van der Waals surface area contributed by atoms with Crippen molar-refractivity contribution in [2.45, 2.75) is 19.9 Å². The van der Waals surface area contributed by atoms with Gasteiger partial charge in [0.2, 0.25) is 0 Å². The molecule has 0 aliphatic heterocycles. The summed E-state index contributed by atoms with van der Waals surface area (Å²) in [5.41, 5.74) is 0. The molecule has 0 saturated heterocycles. The molecule has 0 aromatic carbocycles. The zero-order valence-corrected chi connectivity index (χ0v) is 8.71. The Bertz CT molecular complexity index is 219. The van der Waals surface area contributed by atoms with Crippen LogP contribution in [0.4, 0.5) is 0 Å². The number of esters is 1. The highest BCUT2D eigenvalue weighted by Gasteiger charge is 2.24. The van der Waals surface area contributed by atoms with Gasteiger partial charge in [-0.2, -0.15) is 0 Å². The summed E-state index contributed by atoms with van der Waals surface area (Å²) in [6.45, 7) is 3.30. The van der Waals surface area contributed by atoms with Crippen molar-refractivity contribution in [3.63, 3.8) is 0 Å². The van der Waals surface area contributed by atoms with Crippen molar-refractivity contribution in [3.8, 4) is 0 Å². The van der Waals surface area contributed by atoms with Gasteiger partial charge < -0.3 is 14.2 Å². The van der Waals surface area contributed by atoms with Crippen LogP contribution in [0.25, 0.3) is 0 Å². The molecule has 0 fully saturated rings. The Morgan fingerprint density at radius 2 is 2.23 bits per heavy atom. The first kappa shape index (κ1) is 12.6. The average Bonchev–Trinajstić information content (AvgIpc) is 2.04. The average molecular weight is 211 g/mol. The number of hydrogen-bond acceptors (Lipinski definition) is 4. The van der Waals surface area contributed by atoms with Gasteiger partial charge in [-0.05, 0) is 13.8 Å². The summed E-state index contributed by atoms with van der Waals surface area (Å²) in [5.74, 6) is -0.589. The maximum Gasteiger partial charge on any atom is 0.403 e. The van der Waals surface area contributed by atoms with Crippen molar-refractivity contribution in [3.05, 3.63) is 0 Å². The van der Waals surface area contributed by atoms with Gasteiger partial charge in [-0.3, -0.25) is 4.79 Å². The molecule has 0 aromatic rings. The van der Waals surface area contributed by atoms with Gasteiger partial charge in [0.05, 0.1) is 6.61 Å². The van der Waals surface area contributed by atoms with E-state index >= 15 is 0 Å². The topological polar surface area (TPSA) is 84.9 Å². The minimum atomic E-state index is -3.86. The van der Waals surface area contributed by atoms with Gasteiger partial charge in [-0.1, -0.05) is 0 Å². The Morgan fingerprint density at radius 1 is 1.69 bits per heavy atom. The fourth-order valence-electron chi connectivity index (χ4n) is 0.617. The summed E-state index contributed by atoms with van der Waals surface area (Å²) in [4.78, 5) is 19.9. The van der Waals surface area contributed by atoms with Gasteiger partial charge in [-0.15, -0.1) is 0 Å². The van der Waals surface area contributed by atoms with Crippen molar-refractivity contribution in [1.29, 1.82) is 0 Å².